The second-order valence-corrected chi connectivity index (χ2v) is 4.50. The molecule has 0 heterocycles. The Balaban J connectivity index is -0.000000180. The molecule has 0 aliphatic carbocycles. The fourth-order valence-corrected chi connectivity index (χ4v) is 1.18. The molecular weight excluding hydrogens is 307 g/mol. The molecule has 0 aliphatic heterocycles. The fraction of sp³-hybridized carbons (Fsp3) is 0. The Hall–Kier alpha value is 2.32. The molecule has 0 amide bonds. The van der Waals surface area contributed by atoms with Crippen LogP contribution in [0.2, 0.25) is 0 Å². The quantitative estimate of drug-likeness (QED) is 0.218. The molecule has 0 unspecified atom stereocenters. The van der Waals surface area contributed by atoms with Crippen molar-refractivity contribution in [2.75, 3.05) is 0 Å². The Morgan fingerprint density at radius 1 is 0.467 bits per heavy atom. The molecule has 0 aliphatic rings. The molecule has 0 rings (SSSR count). The van der Waals surface area contributed by atoms with Crippen molar-refractivity contribution in [2.45, 2.75) is 0 Å². The molecular formula is H9NaO10P4. The SMILES string of the molecule is OP(O)OP(O)O.OP(O)OP(O)O.[NaH]. The Bertz CT molecular complexity index is 90.0. The van der Waals surface area contributed by atoms with Crippen LogP contribution in [-0.4, -0.2) is 68.7 Å². The number of hydrogen-bond acceptors (Lipinski definition) is 10. The van der Waals surface area contributed by atoms with Crippen LogP contribution in [0.25, 0.3) is 0 Å². The van der Waals surface area contributed by atoms with Gasteiger partial charge < -0.3 is 39.1 Å². The third kappa shape index (κ3) is 31.4. The maximum absolute atomic E-state index is 7.82. The van der Waals surface area contributed by atoms with Gasteiger partial charge in [-0.1, -0.05) is 0 Å². The first-order chi connectivity index (χ1) is 6.25. The molecule has 15 heteroatoms. The average Bonchev–Trinajstić information content (AvgIpc) is 1.79. The molecule has 15 heavy (non-hydrogen) atoms. The Kier molecular flexibility index (Phi) is 21.6. The Morgan fingerprint density at radius 3 is 0.600 bits per heavy atom. The van der Waals surface area contributed by atoms with E-state index < -0.39 is 34.4 Å². The topological polar surface area (TPSA) is 180 Å². The van der Waals surface area contributed by atoms with Gasteiger partial charge in [-0.05, 0) is 0 Å². The standard InChI is InChI=1S/Na.2H4O5P2.H/c;2*1-6(2)5-7(3)4;/h;2*1-4H;. The van der Waals surface area contributed by atoms with Crippen LogP contribution < -0.4 is 0 Å². The van der Waals surface area contributed by atoms with Gasteiger partial charge in [0.05, 0.1) is 0 Å². The minimum atomic E-state index is -2.61. The van der Waals surface area contributed by atoms with Gasteiger partial charge >= 0.3 is 64.0 Å². The van der Waals surface area contributed by atoms with Crippen molar-refractivity contribution < 1.29 is 47.8 Å². The first kappa shape index (κ1) is 22.5. The van der Waals surface area contributed by atoms with Crippen LogP contribution in [0, 0.1) is 0 Å². The van der Waals surface area contributed by atoms with Crippen LogP contribution in [0.4, 0.5) is 0 Å². The van der Waals surface area contributed by atoms with Gasteiger partial charge in [-0.2, -0.15) is 0 Å². The first-order valence-corrected chi connectivity index (χ1v) is 6.99. The molecule has 90 valence electrons. The van der Waals surface area contributed by atoms with Crippen molar-refractivity contribution in [3.63, 3.8) is 0 Å². The van der Waals surface area contributed by atoms with Crippen LogP contribution in [0.15, 0.2) is 0 Å². The van der Waals surface area contributed by atoms with E-state index in [0.29, 0.717) is 0 Å². The van der Waals surface area contributed by atoms with Gasteiger partial charge in [0.15, 0.2) is 0 Å². The molecule has 0 bridgehead atoms. The summed E-state index contributed by atoms with van der Waals surface area (Å²) in [7, 11) is -10.4. The predicted molar refractivity (Wildman–Crippen MR) is 54.7 cm³/mol. The molecule has 0 spiro atoms. The van der Waals surface area contributed by atoms with E-state index in [1.54, 1.807) is 0 Å². The summed E-state index contributed by atoms with van der Waals surface area (Å²) >= 11 is 0. The molecule has 0 aromatic heterocycles. The van der Waals surface area contributed by atoms with Crippen molar-refractivity contribution in [3.8, 4) is 0 Å². The monoisotopic (exact) mass is 316 g/mol. The van der Waals surface area contributed by atoms with Gasteiger partial charge in [-0.15, -0.1) is 0 Å². The summed E-state index contributed by atoms with van der Waals surface area (Å²) < 4.78 is 7.20. The average molecular weight is 316 g/mol. The van der Waals surface area contributed by atoms with Gasteiger partial charge in [0.25, 0.3) is 0 Å². The van der Waals surface area contributed by atoms with E-state index in [0.717, 1.165) is 0 Å². The maximum atomic E-state index is 7.82. The van der Waals surface area contributed by atoms with E-state index in [1.165, 1.54) is 0 Å². The third-order valence-corrected chi connectivity index (χ3v) is 2.63. The van der Waals surface area contributed by atoms with E-state index in [9.17, 15) is 0 Å². The molecule has 10 nitrogen and oxygen atoms in total. The van der Waals surface area contributed by atoms with Crippen molar-refractivity contribution in [1.82, 2.24) is 0 Å². The molecule has 0 atom stereocenters. The fourth-order valence-electron chi connectivity index (χ4n) is 0.131. The third-order valence-electron chi connectivity index (χ3n) is 0.292. The normalized spacial score (nSPS) is 10.4. The molecule has 0 radical (unpaired) electrons. The Morgan fingerprint density at radius 2 is 0.600 bits per heavy atom. The van der Waals surface area contributed by atoms with Crippen LogP contribution in [0.3, 0.4) is 0 Å². The summed E-state index contributed by atoms with van der Waals surface area (Å²) in [6, 6.07) is 0. The van der Waals surface area contributed by atoms with E-state index in [4.69, 9.17) is 39.1 Å². The van der Waals surface area contributed by atoms with Gasteiger partial charge in [0.1, 0.15) is 0 Å². The molecule has 0 fully saturated rings. The van der Waals surface area contributed by atoms with Crippen molar-refractivity contribution in [3.05, 3.63) is 0 Å². The summed E-state index contributed by atoms with van der Waals surface area (Å²) in [5.41, 5.74) is 0. The van der Waals surface area contributed by atoms with Gasteiger partial charge in [-0.3, -0.25) is 0 Å². The summed E-state index contributed by atoms with van der Waals surface area (Å²) in [5, 5.41) is 0. The zero-order valence-corrected chi connectivity index (χ0v) is 9.76. The summed E-state index contributed by atoms with van der Waals surface area (Å²) in [6.45, 7) is 0. The van der Waals surface area contributed by atoms with Crippen LogP contribution in [-0.2, 0) is 8.62 Å². The zero-order chi connectivity index (χ0) is 11.7. The molecule has 0 saturated heterocycles. The van der Waals surface area contributed by atoms with Crippen molar-refractivity contribution in [1.29, 1.82) is 0 Å². The molecule has 0 aromatic carbocycles. The van der Waals surface area contributed by atoms with E-state index in [-0.39, 0.29) is 29.6 Å². The summed E-state index contributed by atoms with van der Waals surface area (Å²) in [5.74, 6) is 0. The first-order valence-electron chi connectivity index (χ1n) is 2.33. The number of rotatable bonds is 4. The molecule has 8 N–H and O–H groups in total. The van der Waals surface area contributed by atoms with Gasteiger partial charge in [0, 0.05) is 0 Å². The van der Waals surface area contributed by atoms with Crippen LogP contribution in [0.5, 0.6) is 0 Å². The minimum absolute atomic E-state index is 0. The number of hydrogen-bond donors (Lipinski definition) is 8. The summed E-state index contributed by atoms with van der Waals surface area (Å²) in [6.07, 6.45) is 0. The van der Waals surface area contributed by atoms with Crippen molar-refractivity contribution >= 4 is 64.0 Å². The second-order valence-electron chi connectivity index (χ2n) is 1.17. The molecule has 0 aromatic rings. The second kappa shape index (κ2) is 14.4. The van der Waals surface area contributed by atoms with E-state index in [2.05, 4.69) is 8.62 Å². The predicted octanol–water partition coefficient (Wildman–Crippen LogP) is -1.80. The molecule has 0 saturated carbocycles. The van der Waals surface area contributed by atoms with Gasteiger partial charge in [0.2, 0.25) is 0 Å². The van der Waals surface area contributed by atoms with Crippen molar-refractivity contribution in [2.24, 2.45) is 0 Å². The Labute approximate surface area is 111 Å². The zero-order valence-electron chi connectivity index (χ0n) is 6.18. The van der Waals surface area contributed by atoms with E-state index >= 15 is 0 Å². The van der Waals surface area contributed by atoms with Gasteiger partial charge in [-0.25, -0.2) is 8.62 Å². The van der Waals surface area contributed by atoms with E-state index in [1.807, 2.05) is 0 Å². The van der Waals surface area contributed by atoms with Crippen LogP contribution in [0.1, 0.15) is 0 Å². The van der Waals surface area contributed by atoms with Crippen LogP contribution >= 0.6 is 34.4 Å². The summed E-state index contributed by atoms with van der Waals surface area (Å²) in [4.78, 5) is 62.5.